The molecule has 0 saturated heterocycles. The first kappa shape index (κ1) is 15.5. The van der Waals surface area contributed by atoms with Crippen molar-refractivity contribution in [2.24, 2.45) is 0 Å². The van der Waals surface area contributed by atoms with Crippen molar-refractivity contribution >= 4 is 33.3 Å². The number of fused-ring (bicyclic) bond motifs is 2. The number of hydrogen-bond acceptors (Lipinski definition) is 5. The summed E-state index contributed by atoms with van der Waals surface area (Å²) in [6.45, 7) is 1.96. The molecule has 5 rings (SSSR count). The van der Waals surface area contributed by atoms with Gasteiger partial charge in [0.05, 0.1) is 17.2 Å². The summed E-state index contributed by atoms with van der Waals surface area (Å²) >= 11 is 0. The Labute approximate surface area is 155 Å². The highest BCUT2D eigenvalue weighted by Gasteiger charge is 2.11. The topological polar surface area (TPSA) is 79.4 Å². The molecule has 2 aromatic carbocycles. The normalized spacial score (nSPS) is 11.1. The number of pyridine rings is 1. The van der Waals surface area contributed by atoms with E-state index < -0.39 is 0 Å². The summed E-state index contributed by atoms with van der Waals surface area (Å²) in [5.74, 6) is 1.35. The van der Waals surface area contributed by atoms with Crippen molar-refractivity contribution < 1.29 is 0 Å². The number of hydrogen-bond donors (Lipinski definition) is 2. The summed E-state index contributed by atoms with van der Waals surface area (Å²) in [7, 11) is 0. The van der Waals surface area contributed by atoms with E-state index in [1.165, 1.54) is 0 Å². The van der Waals surface area contributed by atoms with E-state index >= 15 is 0 Å². The second-order valence-corrected chi connectivity index (χ2v) is 6.37. The molecule has 0 fully saturated rings. The van der Waals surface area contributed by atoms with Gasteiger partial charge in [0.25, 0.3) is 0 Å². The molecule has 130 valence electrons. The van der Waals surface area contributed by atoms with Crippen molar-refractivity contribution in [2.75, 3.05) is 5.32 Å². The minimum atomic E-state index is 0.600. The summed E-state index contributed by atoms with van der Waals surface area (Å²) in [6.07, 6.45) is 1.81. The fourth-order valence-corrected chi connectivity index (χ4v) is 3.11. The molecular weight excluding hydrogens is 336 g/mol. The highest BCUT2D eigenvalue weighted by Crippen LogP contribution is 2.27. The van der Waals surface area contributed by atoms with Crippen molar-refractivity contribution in [3.05, 3.63) is 72.6 Å². The Kier molecular flexibility index (Phi) is 3.53. The minimum absolute atomic E-state index is 0.600. The third kappa shape index (κ3) is 2.87. The van der Waals surface area contributed by atoms with Crippen LogP contribution in [0.3, 0.4) is 0 Å². The van der Waals surface area contributed by atoms with Crippen LogP contribution in [0.1, 0.15) is 5.69 Å². The molecule has 0 aliphatic carbocycles. The monoisotopic (exact) mass is 352 g/mol. The Hall–Kier alpha value is -3.80. The van der Waals surface area contributed by atoms with Gasteiger partial charge in [0.2, 0.25) is 0 Å². The molecule has 0 unspecified atom stereocenters. The summed E-state index contributed by atoms with van der Waals surface area (Å²) in [5.41, 5.74) is 4.46. The Morgan fingerprint density at radius 3 is 2.74 bits per heavy atom. The fraction of sp³-hybridized carbons (Fsp3) is 0.0476. The summed E-state index contributed by atoms with van der Waals surface area (Å²) < 4.78 is 0. The van der Waals surface area contributed by atoms with Gasteiger partial charge < -0.3 is 5.32 Å². The van der Waals surface area contributed by atoms with E-state index in [-0.39, 0.29) is 0 Å². The molecule has 0 radical (unpaired) electrons. The van der Waals surface area contributed by atoms with Gasteiger partial charge in [0.1, 0.15) is 11.5 Å². The number of nitrogens with one attached hydrogen (secondary N) is 2. The molecule has 3 heterocycles. The van der Waals surface area contributed by atoms with Gasteiger partial charge in [-0.15, -0.1) is 0 Å². The number of para-hydroxylation sites is 1. The number of anilines is 2. The third-order valence-corrected chi connectivity index (χ3v) is 4.43. The number of aryl methyl sites for hydroxylation is 1. The van der Waals surface area contributed by atoms with E-state index in [1.807, 2.05) is 67.6 Å². The van der Waals surface area contributed by atoms with Crippen LogP contribution >= 0.6 is 0 Å². The zero-order valence-corrected chi connectivity index (χ0v) is 14.6. The van der Waals surface area contributed by atoms with Crippen LogP contribution in [-0.4, -0.2) is 25.1 Å². The Bertz CT molecular complexity index is 1270. The van der Waals surface area contributed by atoms with Crippen molar-refractivity contribution in [1.82, 2.24) is 25.1 Å². The number of rotatable bonds is 3. The molecule has 0 atom stereocenters. The van der Waals surface area contributed by atoms with Gasteiger partial charge in [-0.2, -0.15) is 5.10 Å². The molecule has 5 aromatic rings. The molecule has 6 heteroatoms. The third-order valence-electron chi connectivity index (χ3n) is 4.43. The number of nitrogens with zero attached hydrogens (tertiary/aromatic N) is 4. The van der Waals surface area contributed by atoms with E-state index in [0.717, 1.165) is 44.7 Å². The van der Waals surface area contributed by atoms with Gasteiger partial charge in [0, 0.05) is 22.2 Å². The van der Waals surface area contributed by atoms with Crippen LogP contribution in [0.4, 0.5) is 11.5 Å². The van der Waals surface area contributed by atoms with Crippen molar-refractivity contribution in [1.29, 1.82) is 0 Å². The average Bonchev–Trinajstić information content (AvgIpc) is 3.16. The summed E-state index contributed by atoms with van der Waals surface area (Å²) in [6, 6.07) is 19.9. The van der Waals surface area contributed by atoms with E-state index in [4.69, 9.17) is 9.97 Å². The van der Waals surface area contributed by atoms with E-state index in [9.17, 15) is 0 Å². The van der Waals surface area contributed by atoms with Gasteiger partial charge in [-0.1, -0.05) is 18.2 Å². The molecule has 3 aromatic heterocycles. The van der Waals surface area contributed by atoms with Crippen molar-refractivity contribution in [2.45, 2.75) is 6.92 Å². The predicted molar refractivity (Wildman–Crippen MR) is 107 cm³/mol. The average molecular weight is 352 g/mol. The van der Waals surface area contributed by atoms with Crippen LogP contribution in [0.25, 0.3) is 33.3 Å². The highest BCUT2D eigenvalue weighted by atomic mass is 15.1. The largest absolute Gasteiger partial charge is 0.340 e. The van der Waals surface area contributed by atoms with Gasteiger partial charge in [-0.05, 0) is 49.4 Å². The second-order valence-electron chi connectivity index (χ2n) is 6.37. The standard InChI is InChI=1S/C21H16N6/c1-13-5-4-8-18(23-13)21-25-17-7-3-2-6-16(17)20(26-21)24-15-10-9-14-12-22-27-19(14)11-15/h2-12H,1H3,(H,22,27)(H,24,25,26). The van der Waals surface area contributed by atoms with Crippen molar-refractivity contribution in [3.63, 3.8) is 0 Å². The Balaban J connectivity index is 1.65. The van der Waals surface area contributed by atoms with Crippen molar-refractivity contribution in [3.8, 4) is 11.5 Å². The molecule has 0 saturated carbocycles. The number of aromatic amines is 1. The molecule has 0 bridgehead atoms. The molecule has 0 amide bonds. The maximum atomic E-state index is 4.76. The maximum absolute atomic E-state index is 4.76. The van der Waals surface area contributed by atoms with Crippen LogP contribution in [0.5, 0.6) is 0 Å². The first-order chi connectivity index (χ1) is 13.3. The zero-order chi connectivity index (χ0) is 18.2. The van der Waals surface area contributed by atoms with E-state index in [1.54, 1.807) is 6.20 Å². The Morgan fingerprint density at radius 1 is 0.889 bits per heavy atom. The maximum Gasteiger partial charge on any atom is 0.180 e. The predicted octanol–water partition coefficient (Wildman–Crippen LogP) is 4.62. The van der Waals surface area contributed by atoms with Crippen LogP contribution in [-0.2, 0) is 0 Å². The number of benzene rings is 2. The SMILES string of the molecule is Cc1cccc(-c2nc(Nc3ccc4cn[nH]c4c3)c3ccccc3n2)n1. The molecule has 2 N–H and O–H groups in total. The van der Waals surface area contributed by atoms with Crippen LogP contribution < -0.4 is 5.32 Å². The van der Waals surface area contributed by atoms with Crippen LogP contribution in [0.15, 0.2) is 66.9 Å². The fourth-order valence-electron chi connectivity index (χ4n) is 3.11. The first-order valence-electron chi connectivity index (χ1n) is 8.67. The zero-order valence-electron chi connectivity index (χ0n) is 14.6. The highest BCUT2D eigenvalue weighted by molar-refractivity contribution is 5.93. The van der Waals surface area contributed by atoms with Gasteiger partial charge in [0.15, 0.2) is 5.82 Å². The lowest BCUT2D eigenvalue weighted by Gasteiger charge is -2.11. The quantitative estimate of drug-likeness (QED) is 0.495. The van der Waals surface area contributed by atoms with Gasteiger partial charge in [-0.25, -0.2) is 15.0 Å². The number of aromatic nitrogens is 5. The lowest BCUT2D eigenvalue weighted by molar-refractivity contribution is 1.12. The van der Waals surface area contributed by atoms with Gasteiger partial charge >= 0.3 is 0 Å². The molecule has 0 spiro atoms. The number of H-pyrrole nitrogens is 1. The molecular formula is C21H16N6. The lowest BCUT2D eigenvalue weighted by Crippen LogP contribution is -2.00. The smallest absolute Gasteiger partial charge is 0.180 e. The minimum Gasteiger partial charge on any atom is -0.340 e. The van der Waals surface area contributed by atoms with E-state index in [0.29, 0.717) is 5.82 Å². The second kappa shape index (κ2) is 6.17. The summed E-state index contributed by atoms with van der Waals surface area (Å²) in [4.78, 5) is 14.0. The molecule has 6 nitrogen and oxygen atoms in total. The van der Waals surface area contributed by atoms with Crippen LogP contribution in [0.2, 0.25) is 0 Å². The molecule has 27 heavy (non-hydrogen) atoms. The molecule has 0 aliphatic heterocycles. The Morgan fingerprint density at radius 2 is 1.81 bits per heavy atom. The van der Waals surface area contributed by atoms with Gasteiger partial charge in [-0.3, -0.25) is 5.10 Å². The first-order valence-corrected chi connectivity index (χ1v) is 8.67. The summed E-state index contributed by atoms with van der Waals surface area (Å²) in [5, 5.41) is 12.5. The molecule has 0 aliphatic rings. The van der Waals surface area contributed by atoms with E-state index in [2.05, 4.69) is 20.5 Å². The van der Waals surface area contributed by atoms with Crippen LogP contribution in [0, 0.1) is 6.92 Å². The lowest BCUT2D eigenvalue weighted by atomic mass is 10.2.